The molecule has 9 heteroatoms. The number of carbonyl (C=O) groups is 2. The summed E-state index contributed by atoms with van der Waals surface area (Å²) in [6.45, 7) is 3.72. The number of carboxylic acid groups (broad SMARTS) is 1. The number of benzene rings is 2. The lowest BCUT2D eigenvalue weighted by Crippen LogP contribution is -2.42. The number of thiazole rings is 1. The first-order chi connectivity index (χ1) is 17.7. The summed E-state index contributed by atoms with van der Waals surface area (Å²) >= 11 is 7.53. The molecule has 0 aliphatic heterocycles. The van der Waals surface area contributed by atoms with Crippen LogP contribution in [0.5, 0.6) is 0 Å². The third kappa shape index (κ3) is 6.80. The van der Waals surface area contributed by atoms with E-state index in [4.69, 9.17) is 11.6 Å². The van der Waals surface area contributed by atoms with Crippen LogP contribution in [0.4, 0.5) is 5.69 Å². The van der Waals surface area contributed by atoms with Gasteiger partial charge in [-0.05, 0) is 85.0 Å². The Kier molecular flexibility index (Phi) is 8.33. The topological polar surface area (TPSA) is 104 Å². The summed E-state index contributed by atoms with van der Waals surface area (Å²) in [6.07, 6.45) is 3.78. The maximum absolute atomic E-state index is 13.5. The summed E-state index contributed by atoms with van der Waals surface area (Å²) in [7, 11) is 0. The predicted molar refractivity (Wildman–Crippen MR) is 147 cm³/mol. The van der Waals surface area contributed by atoms with Crippen LogP contribution in [0.2, 0.25) is 5.02 Å². The van der Waals surface area contributed by atoms with Gasteiger partial charge in [0.1, 0.15) is 0 Å². The van der Waals surface area contributed by atoms with Gasteiger partial charge >= 0.3 is 5.97 Å². The molecule has 0 saturated heterocycles. The van der Waals surface area contributed by atoms with Crippen LogP contribution in [0.25, 0.3) is 11.1 Å². The second-order valence-corrected chi connectivity index (χ2v) is 10.4. The zero-order chi connectivity index (χ0) is 26.4. The van der Waals surface area contributed by atoms with Gasteiger partial charge in [-0.2, -0.15) is 0 Å². The molecule has 0 spiro atoms. The fourth-order valence-corrected chi connectivity index (χ4v) is 4.48. The van der Waals surface area contributed by atoms with Gasteiger partial charge in [0, 0.05) is 35.0 Å². The number of nitrogens with zero attached hydrogens (tertiary/aromatic N) is 2. The highest BCUT2D eigenvalue weighted by molar-refractivity contribution is 7.07. The zero-order valence-electron chi connectivity index (χ0n) is 20.4. The summed E-state index contributed by atoms with van der Waals surface area (Å²) < 4.78 is 0. The first kappa shape index (κ1) is 26.5. The number of nitrogens with one attached hydrogen (secondary N) is 2. The molecule has 4 rings (SSSR count). The van der Waals surface area contributed by atoms with E-state index < -0.39 is 17.4 Å². The third-order valence-electron chi connectivity index (χ3n) is 6.15. The Hall–Kier alpha value is -3.59. The highest BCUT2D eigenvalue weighted by Crippen LogP contribution is 2.32. The average Bonchev–Trinajstić information content (AvgIpc) is 3.41. The second-order valence-electron chi connectivity index (χ2n) is 9.20. The van der Waals surface area contributed by atoms with Gasteiger partial charge in [0.05, 0.1) is 22.7 Å². The van der Waals surface area contributed by atoms with E-state index in [0.717, 1.165) is 22.4 Å². The van der Waals surface area contributed by atoms with E-state index in [1.807, 2.05) is 41.8 Å². The number of carbonyl (C=O) groups excluding carboxylic acids is 1. The van der Waals surface area contributed by atoms with Crippen LogP contribution in [0.3, 0.4) is 0 Å². The molecule has 37 heavy (non-hydrogen) atoms. The highest BCUT2D eigenvalue weighted by Gasteiger charge is 2.30. The first-order valence-electron chi connectivity index (χ1n) is 11.7. The molecule has 190 valence electrons. The molecular formula is C28H27ClN4O3S. The summed E-state index contributed by atoms with van der Waals surface area (Å²) in [5.74, 6) is -1.20. The molecule has 0 radical (unpaired) electrons. The van der Waals surface area contributed by atoms with Gasteiger partial charge in [-0.3, -0.25) is 19.9 Å². The molecule has 1 amide bonds. The van der Waals surface area contributed by atoms with Gasteiger partial charge in [0.2, 0.25) is 5.91 Å². The molecule has 1 atom stereocenters. The molecule has 0 aliphatic carbocycles. The quantitative estimate of drug-likeness (QED) is 0.246. The van der Waals surface area contributed by atoms with E-state index in [2.05, 4.69) is 20.6 Å². The van der Waals surface area contributed by atoms with Gasteiger partial charge in [-0.15, -0.1) is 11.3 Å². The summed E-state index contributed by atoms with van der Waals surface area (Å²) in [6, 6.07) is 15.9. The minimum absolute atomic E-state index is 0.240. The van der Waals surface area contributed by atoms with E-state index in [1.165, 1.54) is 11.3 Å². The van der Waals surface area contributed by atoms with Gasteiger partial charge < -0.3 is 10.4 Å². The largest absolute Gasteiger partial charge is 0.481 e. The van der Waals surface area contributed by atoms with Crippen molar-refractivity contribution in [1.29, 1.82) is 0 Å². The number of aliphatic carboxylic acids is 1. The fraction of sp³-hybridized carbons (Fsp3) is 0.214. The number of amides is 1. The Morgan fingerprint density at radius 3 is 2.43 bits per heavy atom. The summed E-state index contributed by atoms with van der Waals surface area (Å²) in [4.78, 5) is 33.9. The molecule has 2 heterocycles. The van der Waals surface area contributed by atoms with Crippen LogP contribution in [-0.4, -0.2) is 33.0 Å². The van der Waals surface area contributed by atoms with Crippen molar-refractivity contribution in [1.82, 2.24) is 15.3 Å². The smallest absolute Gasteiger partial charge is 0.313 e. The number of halogens is 1. The van der Waals surface area contributed by atoms with E-state index >= 15 is 0 Å². The van der Waals surface area contributed by atoms with E-state index in [0.29, 0.717) is 29.2 Å². The molecule has 0 aliphatic rings. The lowest BCUT2D eigenvalue weighted by Gasteiger charge is -2.23. The average molecular weight is 535 g/mol. The van der Waals surface area contributed by atoms with Crippen molar-refractivity contribution in [3.63, 3.8) is 0 Å². The molecule has 0 saturated carbocycles. The van der Waals surface area contributed by atoms with E-state index in [9.17, 15) is 14.7 Å². The summed E-state index contributed by atoms with van der Waals surface area (Å²) in [5.41, 5.74) is 5.14. The minimum atomic E-state index is -1.16. The molecule has 3 N–H and O–H groups in total. The number of anilines is 1. The van der Waals surface area contributed by atoms with Crippen LogP contribution in [-0.2, 0) is 28.0 Å². The fourth-order valence-electron chi connectivity index (χ4n) is 3.79. The van der Waals surface area contributed by atoms with Crippen molar-refractivity contribution in [2.45, 2.75) is 38.3 Å². The van der Waals surface area contributed by atoms with Crippen LogP contribution in [0.15, 0.2) is 77.9 Å². The number of pyridine rings is 1. The molecule has 2 aromatic carbocycles. The minimum Gasteiger partial charge on any atom is -0.481 e. The van der Waals surface area contributed by atoms with Crippen molar-refractivity contribution >= 4 is 40.5 Å². The lowest BCUT2D eigenvalue weighted by atomic mass is 9.83. The number of aromatic nitrogens is 2. The van der Waals surface area contributed by atoms with Crippen LogP contribution in [0.1, 0.15) is 30.7 Å². The zero-order valence-corrected chi connectivity index (χ0v) is 22.0. The molecule has 0 fully saturated rings. The Balaban J connectivity index is 1.64. The highest BCUT2D eigenvalue weighted by atomic mass is 35.5. The predicted octanol–water partition coefficient (Wildman–Crippen LogP) is 5.56. The van der Waals surface area contributed by atoms with Gasteiger partial charge in [-0.1, -0.05) is 23.7 Å². The molecular weight excluding hydrogens is 508 g/mol. The Labute approximate surface area is 224 Å². The molecule has 7 nitrogen and oxygen atoms in total. The van der Waals surface area contributed by atoms with Gasteiger partial charge in [0.15, 0.2) is 0 Å². The lowest BCUT2D eigenvalue weighted by molar-refractivity contribution is -0.142. The maximum atomic E-state index is 13.5. The number of carboxylic acids is 1. The normalized spacial score (nSPS) is 12.2. The van der Waals surface area contributed by atoms with Crippen molar-refractivity contribution in [2.75, 3.05) is 5.32 Å². The standard InChI is InChI=1S/C28H27ClN4O3S/c1-28(2,27(35)36)21-12-20(19-7-9-30-10-8-19)13-23(14-21)33-26(34)25(31-15-24-16-37-17-32-24)11-18-3-5-22(29)6-4-18/h3-10,12-14,16-17,25,31H,11,15H2,1-2H3,(H,33,34)(H,35,36)/t25-/m0/s1. The monoisotopic (exact) mass is 534 g/mol. The summed E-state index contributed by atoms with van der Waals surface area (Å²) in [5, 5.41) is 18.7. The van der Waals surface area contributed by atoms with Crippen molar-refractivity contribution < 1.29 is 14.7 Å². The maximum Gasteiger partial charge on any atom is 0.313 e. The molecule has 0 bridgehead atoms. The van der Waals surface area contributed by atoms with Crippen LogP contribution in [0, 0.1) is 0 Å². The Morgan fingerprint density at radius 2 is 1.78 bits per heavy atom. The molecule has 2 aromatic heterocycles. The Bertz CT molecular complexity index is 1360. The van der Waals surface area contributed by atoms with Crippen molar-refractivity contribution in [2.24, 2.45) is 0 Å². The second kappa shape index (κ2) is 11.6. The van der Waals surface area contributed by atoms with Crippen molar-refractivity contribution in [3.8, 4) is 11.1 Å². The number of rotatable bonds is 10. The number of hydrogen-bond acceptors (Lipinski definition) is 6. The van der Waals surface area contributed by atoms with E-state index in [-0.39, 0.29) is 5.91 Å². The first-order valence-corrected chi connectivity index (χ1v) is 13.0. The third-order valence-corrected chi connectivity index (χ3v) is 7.04. The van der Waals surface area contributed by atoms with E-state index in [1.54, 1.807) is 50.0 Å². The molecule has 4 aromatic rings. The van der Waals surface area contributed by atoms with Gasteiger partial charge in [-0.25, -0.2) is 4.98 Å². The Morgan fingerprint density at radius 1 is 1.05 bits per heavy atom. The van der Waals surface area contributed by atoms with Crippen LogP contribution < -0.4 is 10.6 Å². The SMILES string of the molecule is CC(C)(C(=O)O)c1cc(NC(=O)[C@H](Cc2ccc(Cl)cc2)NCc2cscn2)cc(-c2ccncc2)c1. The van der Waals surface area contributed by atoms with Gasteiger partial charge in [0.25, 0.3) is 0 Å². The van der Waals surface area contributed by atoms with Crippen LogP contribution >= 0.6 is 22.9 Å². The number of hydrogen-bond donors (Lipinski definition) is 3. The van der Waals surface area contributed by atoms with Crippen molar-refractivity contribution in [3.05, 3.63) is 99.7 Å². The molecule has 0 unspecified atom stereocenters.